The molecule has 0 aliphatic carbocycles. The molecule has 1 fully saturated rings. The number of alkyl halides is 2. The largest absolute Gasteiger partial charge is 0.367 e. The Morgan fingerprint density at radius 3 is 2.56 bits per heavy atom. The minimum absolute atomic E-state index is 0.00833. The van der Waals surface area contributed by atoms with Crippen molar-refractivity contribution in [3.63, 3.8) is 0 Å². The average molecular weight is 230 g/mol. The highest BCUT2D eigenvalue weighted by molar-refractivity contribution is 5.49. The molecule has 0 amide bonds. The van der Waals surface area contributed by atoms with Gasteiger partial charge in [-0.1, -0.05) is 12.1 Å². The normalized spacial score (nSPS) is 25.4. The van der Waals surface area contributed by atoms with Gasteiger partial charge >= 0.3 is 0 Å². The van der Waals surface area contributed by atoms with Crippen molar-refractivity contribution in [3.8, 4) is 0 Å². The van der Waals surface area contributed by atoms with Crippen molar-refractivity contribution < 1.29 is 13.2 Å². The average Bonchev–Trinajstić information content (AvgIpc) is 2.63. The van der Waals surface area contributed by atoms with Crippen LogP contribution in [-0.4, -0.2) is 25.1 Å². The maximum Gasteiger partial charge on any atom is 0.258 e. The molecule has 2 N–H and O–H groups in total. The van der Waals surface area contributed by atoms with Crippen LogP contribution in [0.15, 0.2) is 24.3 Å². The molecule has 1 atom stereocenters. The number of para-hydroxylation sites is 1. The zero-order chi connectivity index (χ0) is 11.8. The van der Waals surface area contributed by atoms with E-state index in [0.717, 1.165) is 0 Å². The molecular formula is C11H13F3N2. The monoisotopic (exact) mass is 230 g/mol. The van der Waals surface area contributed by atoms with Crippen LogP contribution in [0.1, 0.15) is 6.42 Å². The summed E-state index contributed by atoms with van der Waals surface area (Å²) in [6.45, 7) is 0.355. The fourth-order valence-corrected chi connectivity index (χ4v) is 1.95. The topological polar surface area (TPSA) is 29.3 Å². The van der Waals surface area contributed by atoms with Crippen LogP contribution in [0.4, 0.5) is 18.9 Å². The first-order chi connectivity index (χ1) is 7.53. The first kappa shape index (κ1) is 11.3. The van der Waals surface area contributed by atoms with E-state index in [9.17, 15) is 13.2 Å². The van der Waals surface area contributed by atoms with Crippen molar-refractivity contribution in [1.82, 2.24) is 0 Å². The predicted octanol–water partition coefficient (Wildman–Crippen LogP) is 2.00. The number of halogens is 3. The van der Waals surface area contributed by atoms with Gasteiger partial charge in [-0.15, -0.1) is 0 Å². The van der Waals surface area contributed by atoms with Crippen LogP contribution >= 0.6 is 0 Å². The summed E-state index contributed by atoms with van der Waals surface area (Å²) in [6.07, 6.45) is -2.40. The Morgan fingerprint density at radius 1 is 1.31 bits per heavy atom. The van der Waals surface area contributed by atoms with Gasteiger partial charge in [0.1, 0.15) is 5.82 Å². The second-order valence-electron chi connectivity index (χ2n) is 4.16. The number of hydrogen-bond donors (Lipinski definition) is 1. The minimum atomic E-state index is -2.58. The second-order valence-corrected chi connectivity index (χ2v) is 4.16. The summed E-state index contributed by atoms with van der Waals surface area (Å²) in [7, 11) is 0. The Bertz CT molecular complexity index is 383. The highest BCUT2D eigenvalue weighted by atomic mass is 19.3. The van der Waals surface area contributed by atoms with E-state index in [0.29, 0.717) is 12.2 Å². The Labute approximate surface area is 91.8 Å². The fourth-order valence-electron chi connectivity index (χ4n) is 1.95. The Balaban J connectivity index is 2.18. The van der Waals surface area contributed by atoms with Crippen molar-refractivity contribution in [3.05, 3.63) is 30.1 Å². The predicted molar refractivity (Wildman–Crippen MR) is 56.2 cm³/mol. The molecule has 0 aromatic heterocycles. The van der Waals surface area contributed by atoms with Gasteiger partial charge in [-0.05, 0) is 18.6 Å². The number of nitrogens with zero attached hydrogens (tertiary/aromatic N) is 1. The Morgan fingerprint density at radius 2 is 2.00 bits per heavy atom. The molecule has 1 saturated heterocycles. The van der Waals surface area contributed by atoms with E-state index in [1.54, 1.807) is 23.1 Å². The van der Waals surface area contributed by atoms with Gasteiger partial charge in [-0.3, -0.25) is 0 Å². The van der Waals surface area contributed by atoms with Crippen LogP contribution in [0.5, 0.6) is 0 Å². The van der Waals surface area contributed by atoms with E-state index in [4.69, 9.17) is 5.73 Å². The lowest BCUT2D eigenvalue weighted by Gasteiger charge is -2.24. The Hall–Kier alpha value is -1.23. The van der Waals surface area contributed by atoms with Crippen LogP contribution in [0.3, 0.4) is 0 Å². The molecule has 0 bridgehead atoms. The molecule has 16 heavy (non-hydrogen) atoms. The second kappa shape index (κ2) is 3.97. The fraction of sp³-hybridized carbons (Fsp3) is 0.455. The first-order valence-corrected chi connectivity index (χ1v) is 5.09. The SMILES string of the molecule is NC1(C(F)F)CCN(c2ccccc2F)C1. The van der Waals surface area contributed by atoms with Gasteiger partial charge in [-0.25, -0.2) is 13.2 Å². The molecule has 1 aromatic rings. The van der Waals surface area contributed by atoms with Gasteiger partial charge in [-0.2, -0.15) is 0 Å². The minimum Gasteiger partial charge on any atom is -0.367 e. The van der Waals surface area contributed by atoms with Crippen LogP contribution in [0, 0.1) is 5.82 Å². The van der Waals surface area contributed by atoms with Gasteiger partial charge in [0.25, 0.3) is 6.43 Å². The van der Waals surface area contributed by atoms with Gasteiger partial charge in [0.2, 0.25) is 0 Å². The van der Waals surface area contributed by atoms with Crippen molar-refractivity contribution in [2.45, 2.75) is 18.4 Å². The number of benzene rings is 1. The van der Waals surface area contributed by atoms with Crippen LogP contribution < -0.4 is 10.6 Å². The summed E-state index contributed by atoms with van der Waals surface area (Å²) in [5, 5.41) is 0. The summed E-state index contributed by atoms with van der Waals surface area (Å²) in [5.74, 6) is -0.402. The number of hydrogen-bond acceptors (Lipinski definition) is 2. The molecule has 0 saturated carbocycles. The summed E-state index contributed by atoms with van der Waals surface area (Å²) < 4.78 is 38.8. The highest BCUT2D eigenvalue weighted by Gasteiger charge is 2.42. The quantitative estimate of drug-likeness (QED) is 0.842. The van der Waals surface area contributed by atoms with Gasteiger partial charge < -0.3 is 10.6 Å². The standard InChI is InChI=1S/C11H13F3N2/c12-8-3-1-2-4-9(8)16-6-5-11(15,7-16)10(13)14/h1-4,10H,5-7,15H2. The highest BCUT2D eigenvalue weighted by Crippen LogP contribution is 2.30. The lowest BCUT2D eigenvalue weighted by Crippen LogP contribution is -2.49. The zero-order valence-corrected chi connectivity index (χ0v) is 8.67. The first-order valence-electron chi connectivity index (χ1n) is 5.09. The summed E-state index contributed by atoms with van der Waals surface area (Å²) in [4.78, 5) is 1.57. The summed E-state index contributed by atoms with van der Waals surface area (Å²) in [6, 6.07) is 6.13. The smallest absolute Gasteiger partial charge is 0.258 e. The molecule has 1 heterocycles. The van der Waals surface area contributed by atoms with Crippen LogP contribution in [-0.2, 0) is 0 Å². The maximum atomic E-state index is 13.4. The van der Waals surface area contributed by atoms with Gasteiger partial charge in [0.15, 0.2) is 0 Å². The zero-order valence-electron chi connectivity index (χ0n) is 8.67. The van der Waals surface area contributed by atoms with E-state index in [1.165, 1.54) is 6.07 Å². The molecule has 5 heteroatoms. The number of rotatable bonds is 2. The van der Waals surface area contributed by atoms with Crippen LogP contribution in [0.25, 0.3) is 0 Å². The molecular weight excluding hydrogens is 217 g/mol. The maximum absolute atomic E-state index is 13.4. The van der Waals surface area contributed by atoms with E-state index >= 15 is 0 Å². The third-order valence-electron chi connectivity index (χ3n) is 2.96. The van der Waals surface area contributed by atoms with Gasteiger partial charge in [0.05, 0.1) is 11.2 Å². The van der Waals surface area contributed by atoms with Gasteiger partial charge in [0, 0.05) is 13.1 Å². The third kappa shape index (κ3) is 1.87. The van der Waals surface area contributed by atoms with Crippen molar-refractivity contribution in [1.29, 1.82) is 0 Å². The summed E-state index contributed by atoms with van der Waals surface area (Å²) in [5.41, 5.74) is 4.40. The molecule has 0 radical (unpaired) electrons. The Kier molecular flexibility index (Phi) is 2.80. The molecule has 0 spiro atoms. The van der Waals surface area contributed by atoms with E-state index in [1.807, 2.05) is 0 Å². The molecule has 1 aromatic carbocycles. The van der Waals surface area contributed by atoms with E-state index in [2.05, 4.69) is 0 Å². The third-order valence-corrected chi connectivity index (χ3v) is 2.96. The summed E-state index contributed by atoms with van der Waals surface area (Å²) >= 11 is 0. The number of anilines is 1. The lowest BCUT2D eigenvalue weighted by atomic mass is 10.0. The molecule has 1 aliphatic heterocycles. The molecule has 2 rings (SSSR count). The van der Waals surface area contributed by atoms with Crippen molar-refractivity contribution in [2.75, 3.05) is 18.0 Å². The van der Waals surface area contributed by atoms with Crippen LogP contribution in [0.2, 0.25) is 0 Å². The molecule has 2 nitrogen and oxygen atoms in total. The lowest BCUT2D eigenvalue weighted by molar-refractivity contribution is 0.0655. The molecule has 1 aliphatic rings. The van der Waals surface area contributed by atoms with E-state index in [-0.39, 0.29) is 13.0 Å². The number of nitrogens with two attached hydrogens (primary N) is 1. The molecule has 88 valence electrons. The van der Waals surface area contributed by atoms with Crippen molar-refractivity contribution in [2.24, 2.45) is 5.73 Å². The molecule has 1 unspecified atom stereocenters. The van der Waals surface area contributed by atoms with Crippen molar-refractivity contribution >= 4 is 5.69 Å². The van der Waals surface area contributed by atoms with E-state index < -0.39 is 17.8 Å².